The summed E-state index contributed by atoms with van der Waals surface area (Å²) in [7, 11) is 0. The van der Waals surface area contributed by atoms with Crippen molar-refractivity contribution in [2.45, 2.75) is 26.3 Å². The number of furan rings is 1. The lowest BCUT2D eigenvalue weighted by Crippen LogP contribution is -2.34. The van der Waals surface area contributed by atoms with Crippen LogP contribution < -0.4 is 5.73 Å². The molecule has 3 rings (SSSR count). The Balaban J connectivity index is 0.00000176. The molecule has 1 aromatic carbocycles. The van der Waals surface area contributed by atoms with Gasteiger partial charge in [0.1, 0.15) is 11.4 Å². The summed E-state index contributed by atoms with van der Waals surface area (Å²) in [5.41, 5.74) is 6.94. The number of likely N-dealkylation sites (tertiary alicyclic amines) is 1. The summed E-state index contributed by atoms with van der Waals surface area (Å²) < 4.78 is 19.0. The second kappa shape index (κ2) is 6.26. The fourth-order valence-electron chi connectivity index (χ4n) is 3.12. The number of nitrogens with zero attached hydrogens (tertiary/aromatic N) is 1. The molecule has 120 valence electrons. The van der Waals surface area contributed by atoms with E-state index in [1.807, 2.05) is 6.92 Å². The fourth-order valence-corrected chi connectivity index (χ4v) is 3.12. The molecule has 22 heavy (non-hydrogen) atoms. The number of halogens is 2. The van der Waals surface area contributed by atoms with Gasteiger partial charge in [0.2, 0.25) is 0 Å². The van der Waals surface area contributed by atoms with Crippen molar-refractivity contribution < 1.29 is 13.6 Å². The van der Waals surface area contributed by atoms with Crippen LogP contribution >= 0.6 is 12.4 Å². The topological polar surface area (TPSA) is 59.5 Å². The van der Waals surface area contributed by atoms with Crippen LogP contribution in [0.4, 0.5) is 4.39 Å². The third-order valence-electron chi connectivity index (χ3n) is 4.35. The molecule has 2 N–H and O–H groups in total. The third-order valence-corrected chi connectivity index (χ3v) is 4.35. The van der Waals surface area contributed by atoms with Crippen LogP contribution in [0.15, 0.2) is 22.6 Å². The molecule has 1 aliphatic heterocycles. The molecule has 2 heterocycles. The molecule has 0 aliphatic carbocycles. The molecule has 0 spiro atoms. The molecule has 4 nitrogen and oxygen atoms in total. The molecule has 0 radical (unpaired) electrons. The van der Waals surface area contributed by atoms with E-state index in [9.17, 15) is 9.18 Å². The lowest BCUT2D eigenvalue weighted by atomic mass is 10.1. The van der Waals surface area contributed by atoms with E-state index in [1.54, 1.807) is 17.9 Å². The lowest BCUT2D eigenvalue weighted by Gasteiger charge is -2.20. The number of rotatable bonds is 2. The van der Waals surface area contributed by atoms with E-state index in [0.717, 1.165) is 6.42 Å². The molecule has 6 heteroatoms. The monoisotopic (exact) mass is 326 g/mol. The molecule has 0 saturated carbocycles. The number of hydrogen-bond donors (Lipinski definition) is 1. The first-order valence-corrected chi connectivity index (χ1v) is 7.21. The largest absolute Gasteiger partial charge is 0.451 e. The van der Waals surface area contributed by atoms with Crippen molar-refractivity contribution in [2.75, 3.05) is 13.1 Å². The summed E-state index contributed by atoms with van der Waals surface area (Å²) >= 11 is 0. The molecule has 1 aliphatic rings. The smallest absolute Gasteiger partial charge is 0.290 e. The number of carbonyl (C=O) groups excluding carboxylic acids is 1. The van der Waals surface area contributed by atoms with Gasteiger partial charge in [-0.2, -0.15) is 0 Å². The van der Waals surface area contributed by atoms with E-state index in [2.05, 4.69) is 0 Å². The molecule has 1 saturated heterocycles. The average molecular weight is 327 g/mol. The summed E-state index contributed by atoms with van der Waals surface area (Å²) in [6.45, 7) is 5.05. The highest BCUT2D eigenvalue weighted by Gasteiger charge is 2.34. The summed E-state index contributed by atoms with van der Waals surface area (Å²) in [4.78, 5) is 14.5. The Morgan fingerprint density at radius 3 is 2.86 bits per heavy atom. The molecule has 1 fully saturated rings. The second-order valence-electron chi connectivity index (χ2n) is 5.84. The number of nitrogens with two attached hydrogens (primary N) is 1. The zero-order valence-corrected chi connectivity index (χ0v) is 13.5. The predicted octanol–water partition coefficient (Wildman–Crippen LogP) is 3.11. The van der Waals surface area contributed by atoms with Crippen LogP contribution in [-0.2, 0) is 0 Å². The predicted molar refractivity (Wildman–Crippen MR) is 85.8 cm³/mol. The third kappa shape index (κ3) is 2.71. The van der Waals surface area contributed by atoms with E-state index in [0.29, 0.717) is 41.3 Å². The van der Waals surface area contributed by atoms with Gasteiger partial charge in [-0.15, -0.1) is 12.4 Å². The number of fused-ring (bicyclic) bond motifs is 1. The Kier molecular flexibility index (Phi) is 4.78. The van der Waals surface area contributed by atoms with Gasteiger partial charge in [0.15, 0.2) is 5.76 Å². The van der Waals surface area contributed by atoms with Crippen molar-refractivity contribution in [1.29, 1.82) is 0 Å². The quantitative estimate of drug-likeness (QED) is 0.922. The molecule has 1 amide bonds. The molecule has 2 atom stereocenters. The van der Waals surface area contributed by atoms with E-state index in [4.69, 9.17) is 10.2 Å². The van der Waals surface area contributed by atoms with Gasteiger partial charge in [0, 0.05) is 23.5 Å². The van der Waals surface area contributed by atoms with Crippen LogP contribution in [-0.4, -0.2) is 29.9 Å². The first-order chi connectivity index (χ1) is 10.0. The maximum Gasteiger partial charge on any atom is 0.290 e. The molecular formula is C16H20ClFN2O2. The van der Waals surface area contributed by atoms with E-state index >= 15 is 0 Å². The Morgan fingerprint density at radius 1 is 1.50 bits per heavy atom. The summed E-state index contributed by atoms with van der Waals surface area (Å²) in [6, 6.07) is 4.45. The van der Waals surface area contributed by atoms with Crippen LogP contribution in [0.25, 0.3) is 11.0 Å². The van der Waals surface area contributed by atoms with E-state index in [1.165, 1.54) is 12.1 Å². The fraction of sp³-hybridized carbons (Fsp3) is 0.438. The zero-order valence-electron chi connectivity index (χ0n) is 12.6. The molecule has 2 unspecified atom stereocenters. The van der Waals surface area contributed by atoms with Gasteiger partial charge in [-0.25, -0.2) is 4.39 Å². The van der Waals surface area contributed by atoms with Crippen molar-refractivity contribution in [3.8, 4) is 0 Å². The SMILES string of the molecule is Cc1c(C(=O)N2CC(CN)CC2C)oc2ccc(F)cc12.Cl. The van der Waals surface area contributed by atoms with Gasteiger partial charge in [-0.1, -0.05) is 0 Å². The van der Waals surface area contributed by atoms with Gasteiger partial charge >= 0.3 is 0 Å². The van der Waals surface area contributed by atoms with Crippen LogP contribution in [0, 0.1) is 18.7 Å². The van der Waals surface area contributed by atoms with E-state index in [-0.39, 0.29) is 30.2 Å². The van der Waals surface area contributed by atoms with Gasteiger partial charge in [-0.3, -0.25) is 4.79 Å². The van der Waals surface area contributed by atoms with Crippen LogP contribution in [0.3, 0.4) is 0 Å². The second-order valence-corrected chi connectivity index (χ2v) is 5.84. The van der Waals surface area contributed by atoms with Gasteiger partial charge in [-0.05, 0) is 50.9 Å². The Labute approximate surface area is 134 Å². The summed E-state index contributed by atoms with van der Waals surface area (Å²) in [5.74, 6) is 0.182. The maximum absolute atomic E-state index is 13.3. The number of benzene rings is 1. The Morgan fingerprint density at radius 2 is 2.23 bits per heavy atom. The summed E-state index contributed by atoms with van der Waals surface area (Å²) in [6.07, 6.45) is 0.913. The van der Waals surface area contributed by atoms with Crippen molar-refractivity contribution in [3.05, 3.63) is 35.3 Å². The number of hydrogen-bond acceptors (Lipinski definition) is 3. The number of amides is 1. The van der Waals surface area contributed by atoms with Crippen LogP contribution in [0.5, 0.6) is 0 Å². The number of carbonyl (C=O) groups is 1. The summed E-state index contributed by atoms with van der Waals surface area (Å²) in [5, 5.41) is 0.653. The molecule has 2 aromatic rings. The van der Waals surface area contributed by atoms with Crippen molar-refractivity contribution in [2.24, 2.45) is 11.7 Å². The Hall–Kier alpha value is -1.59. The van der Waals surface area contributed by atoms with Crippen molar-refractivity contribution >= 4 is 29.3 Å². The highest BCUT2D eigenvalue weighted by molar-refractivity contribution is 5.99. The highest BCUT2D eigenvalue weighted by atomic mass is 35.5. The van der Waals surface area contributed by atoms with Gasteiger partial charge < -0.3 is 15.1 Å². The van der Waals surface area contributed by atoms with Crippen molar-refractivity contribution in [1.82, 2.24) is 4.90 Å². The average Bonchev–Trinajstić information content (AvgIpc) is 2.99. The maximum atomic E-state index is 13.3. The van der Waals surface area contributed by atoms with Gasteiger partial charge in [0.25, 0.3) is 5.91 Å². The normalized spacial score (nSPS) is 21.2. The Bertz CT molecular complexity index is 701. The number of aryl methyl sites for hydroxylation is 1. The highest BCUT2D eigenvalue weighted by Crippen LogP contribution is 2.30. The minimum atomic E-state index is -0.330. The zero-order chi connectivity index (χ0) is 15.1. The molecule has 1 aromatic heterocycles. The van der Waals surface area contributed by atoms with Crippen LogP contribution in [0.2, 0.25) is 0 Å². The first-order valence-electron chi connectivity index (χ1n) is 7.21. The van der Waals surface area contributed by atoms with Gasteiger partial charge in [0.05, 0.1) is 0 Å². The first kappa shape index (κ1) is 16.8. The minimum absolute atomic E-state index is 0. The van der Waals surface area contributed by atoms with E-state index < -0.39 is 0 Å². The van der Waals surface area contributed by atoms with Crippen molar-refractivity contribution in [3.63, 3.8) is 0 Å². The minimum Gasteiger partial charge on any atom is -0.451 e. The standard InChI is InChI=1S/C16H19FN2O2.ClH/c1-9-5-11(7-18)8-19(9)16(20)15-10(2)13-6-12(17)3-4-14(13)21-15;/h3-4,6,9,11H,5,7-8,18H2,1-2H3;1H. The molecular weight excluding hydrogens is 307 g/mol. The lowest BCUT2D eigenvalue weighted by molar-refractivity contribution is 0.0712. The molecule has 0 bridgehead atoms. The van der Waals surface area contributed by atoms with Crippen LogP contribution in [0.1, 0.15) is 29.5 Å².